The highest BCUT2D eigenvalue weighted by molar-refractivity contribution is 6.34. The molecule has 0 saturated carbocycles. The van der Waals surface area contributed by atoms with Crippen LogP contribution >= 0.6 is 11.6 Å². The number of halogens is 1. The van der Waals surface area contributed by atoms with E-state index < -0.39 is 6.10 Å². The fourth-order valence-electron chi connectivity index (χ4n) is 2.28. The molecule has 3 N–H and O–H groups in total. The molecule has 0 aliphatic heterocycles. The predicted octanol–water partition coefficient (Wildman–Crippen LogP) is 2.98. The van der Waals surface area contributed by atoms with Crippen molar-refractivity contribution < 1.29 is 5.11 Å². The van der Waals surface area contributed by atoms with Crippen LogP contribution in [0.2, 0.25) is 5.02 Å². The van der Waals surface area contributed by atoms with E-state index in [-0.39, 0.29) is 0 Å². The number of hydrogen-bond donors (Lipinski definition) is 2. The van der Waals surface area contributed by atoms with E-state index in [1.165, 1.54) is 0 Å². The van der Waals surface area contributed by atoms with Crippen molar-refractivity contribution in [2.75, 3.05) is 5.73 Å². The summed E-state index contributed by atoms with van der Waals surface area (Å²) in [6.45, 7) is 0. The normalized spacial score (nSPS) is 17.0. The van der Waals surface area contributed by atoms with E-state index in [0.717, 1.165) is 22.3 Å². The SMILES string of the molecule is Nc1cc(Cl)c2c(c1)C(O)c1ccccc1-2. The molecule has 2 nitrogen and oxygen atoms in total. The maximum atomic E-state index is 10.2. The molecule has 80 valence electrons. The van der Waals surface area contributed by atoms with Gasteiger partial charge in [0.15, 0.2) is 0 Å². The second-order valence-electron chi connectivity index (χ2n) is 3.96. The second-order valence-corrected chi connectivity index (χ2v) is 4.36. The zero-order valence-electron chi connectivity index (χ0n) is 8.44. The van der Waals surface area contributed by atoms with Crippen LogP contribution in [-0.4, -0.2) is 5.11 Å². The maximum Gasteiger partial charge on any atom is 0.105 e. The minimum atomic E-state index is -0.618. The molecule has 2 aromatic rings. The van der Waals surface area contributed by atoms with Gasteiger partial charge in [-0.15, -0.1) is 0 Å². The lowest BCUT2D eigenvalue weighted by molar-refractivity contribution is 0.225. The Morgan fingerprint density at radius 3 is 2.69 bits per heavy atom. The van der Waals surface area contributed by atoms with E-state index in [1.54, 1.807) is 12.1 Å². The van der Waals surface area contributed by atoms with Gasteiger partial charge in [0.25, 0.3) is 0 Å². The van der Waals surface area contributed by atoms with Gasteiger partial charge in [0.05, 0.1) is 5.02 Å². The molecule has 1 atom stereocenters. The first-order valence-corrected chi connectivity index (χ1v) is 5.42. The first-order valence-electron chi connectivity index (χ1n) is 5.05. The molecule has 1 aliphatic carbocycles. The Kier molecular flexibility index (Phi) is 1.96. The van der Waals surface area contributed by atoms with Gasteiger partial charge in [-0.2, -0.15) is 0 Å². The quantitative estimate of drug-likeness (QED) is 0.685. The average Bonchev–Trinajstić information content (AvgIpc) is 2.54. The number of anilines is 1. The first-order chi connectivity index (χ1) is 7.68. The highest BCUT2D eigenvalue weighted by Gasteiger charge is 2.28. The third-order valence-electron chi connectivity index (χ3n) is 2.96. The Hall–Kier alpha value is -1.51. The van der Waals surface area contributed by atoms with Crippen LogP contribution in [0.15, 0.2) is 36.4 Å². The van der Waals surface area contributed by atoms with E-state index in [9.17, 15) is 5.11 Å². The van der Waals surface area contributed by atoms with E-state index in [4.69, 9.17) is 17.3 Å². The molecule has 0 amide bonds. The summed E-state index contributed by atoms with van der Waals surface area (Å²) in [4.78, 5) is 0. The topological polar surface area (TPSA) is 46.2 Å². The monoisotopic (exact) mass is 231 g/mol. The van der Waals surface area contributed by atoms with E-state index in [1.807, 2.05) is 24.3 Å². The smallest absolute Gasteiger partial charge is 0.105 e. The molecule has 1 aliphatic rings. The van der Waals surface area contributed by atoms with Gasteiger partial charge < -0.3 is 10.8 Å². The number of nitrogens with two attached hydrogens (primary N) is 1. The third-order valence-corrected chi connectivity index (χ3v) is 3.26. The van der Waals surface area contributed by atoms with E-state index >= 15 is 0 Å². The van der Waals surface area contributed by atoms with Crippen molar-refractivity contribution in [1.29, 1.82) is 0 Å². The minimum Gasteiger partial charge on any atom is -0.399 e. The van der Waals surface area contributed by atoms with Crippen LogP contribution in [-0.2, 0) is 0 Å². The van der Waals surface area contributed by atoms with Crippen LogP contribution in [0.25, 0.3) is 11.1 Å². The number of rotatable bonds is 0. The molecule has 0 fully saturated rings. The second kappa shape index (κ2) is 3.24. The number of fused-ring (bicyclic) bond motifs is 3. The molecule has 0 aromatic heterocycles. The summed E-state index contributed by atoms with van der Waals surface area (Å²) >= 11 is 6.18. The van der Waals surface area contributed by atoms with Gasteiger partial charge in [0.2, 0.25) is 0 Å². The molecule has 2 aromatic carbocycles. The van der Waals surface area contributed by atoms with Gasteiger partial charge in [0.1, 0.15) is 6.10 Å². The van der Waals surface area contributed by atoms with Gasteiger partial charge in [-0.05, 0) is 28.8 Å². The standard InChI is InChI=1S/C13H10ClNO/c14-11-6-7(15)5-10-12(11)8-3-1-2-4-9(8)13(10)16/h1-6,13,16H,15H2. The molecular formula is C13H10ClNO. The molecule has 0 radical (unpaired) electrons. The Morgan fingerprint density at radius 2 is 1.88 bits per heavy atom. The summed E-state index contributed by atoms with van der Waals surface area (Å²) in [7, 11) is 0. The van der Waals surface area contributed by atoms with Crippen LogP contribution in [0.4, 0.5) is 5.69 Å². The summed E-state index contributed by atoms with van der Waals surface area (Å²) in [5.74, 6) is 0. The zero-order valence-corrected chi connectivity index (χ0v) is 9.20. The number of hydrogen-bond acceptors (Lipinski definition) is 2. The molecule has 0 heterocycles. The number of benzene rings is 2. The lowest BCUT2D eigenvalue weighted by Crippen LogP contribution is -1.95. The molecule has 3 rings (SSSR count). The van der Waals surface area contributed by atoms with Crippen molar-refractivity contribution in [3.63, 3.8) is 0 Å². The van der Waals surface area contributed by atoms with Gasteiger partial charge in [-0.1, -0.05) is 35.9 Å². The molecular weight excluding hydrogens is 222 g/mol. The van der Waals surface area contributed by atoms with Crippen LogP contribution in [0.3, 0.4) is 0 Å². The predicted molar refractivity (Wildman–Crippen MR) is 65.4 cm³/mol. The highest BCUT2D eigenvalue weighted by Crippen LogP contribution is 2.47. The summed E-state index contributed by atoms with van der Waals surface area (Å²) in [6.07, 6.45) is -0.618. The Bertz CT molecular complexity index is 580. The van der Waals surface area contributed by atoms with Crippen LogP contribution in [0.5, 0.6) is 0 Å². The van der Waals surface area contributed by atoms with Crippen molar-refractivity contribution >= 4 is 17.3 Å². The summed E-state index contributed by atoms with van der Waals surface area (Å²) in [6, 6.07) is 11.2. The summed E-state index contributed by atoms with van der Waals surface area (Å²) < 4.78 is 0. The molecule has 3 heteroatoms. The molecule has 0 saturated heterocycles. The largest absolute Gasteiger partial charge is 0.399 e. The van der Waals surface area contributed by atoms with Crippen molar-refractivity contribution in [2.45, 2.75) is 6.10 Å². The summed E-state index contributed by atoms with van der Waals surface area (Å²) in [5, 5.41) is 10.8. The average molecular weight is 232 g/mol. The van der Waals surface area contributed by atoms with Crippen molar-refractivity contribution in [1.82, 2.24) is 0 Å². The fourth-order valence-corrected chi connectivity index (χ4v) is 2.62. The van der Waals surface area contributed by atoms with Crippen molar-refractivity contribution in [3.8, 4) is 11.1 Å². The Morgan fingerprint density at radius 1 is 1.12 bits per heavy atom. The number of aliphatic hydroxyl groups excluding tert-OH is 1. The van der Waals surface area contributed by atoms with Crippen LogP contribution in [0.1, 0.15) is 17.2 Å². The fraction of sp³-hybridized carbons (Fsp3) is 0.0769. The third kappa shape index (κ3) is 1.17. The lowest BCUT2D eigenvalue weighted by atomic mass is 10.1. The van der Waals surface area contributed by atoms with Gasteiger partial charge in [0, 0.05) is 11.3 Å². The lowest BCUT2D eigenvalue weighted by Gasteiger charge is -2.07. The van der Waals surface area contributed by atoms with Gasteiger partial charge in [-0.3, -0.25) is 0 Å². The molecule has 1 unspecified atom stereocenters. The number of nitrogen functional groups attached to an aromatic ring is 1. The van der Waals surface area contributed by atoms with E-state index in [0.29, 0.717) is 10.7 Å². The Balaban J connectivity index is 2.38. The van der Waals surface area contributed by atoms with Crippen molar-refractivity contribution in [3.05, 3.63) is 52.5 Å². The van der Waals surface area contributed by atoms with Crippen molar-refractivity contribution in [2.24, 2.45) is 0 Å². The molecule has 0 bridgehead atoms. The molecule has 16 heavy (non-hydrogen) atoms. The van der Waals surface area contributed by atoms with Gasteiger partial charge in [-0.25, -0.2) is 0 Å². The van der Waals surface area contributed by atoms with Crippen LogP contribution in [0, 0.1) is 0 Å². The van der Waals surface area contributed by atoms with Gasteiger partial charge >= 0.3 is 0 Å². The maximum absolute atomic E-state index is 10.2. The minimum absolute atomic E-state index is 0.579. The molecule has 0 spiro atoms. The highest BCUT2D eigenvalue weighted by atomic mass is 35.5. The number of aliphatic hydroxyl groups is 1. The van der Waals surface area contributed by atoms with Crippen LogP contribution < -0.4 is 5.73 Å². The zero-order chi connectivity index (χ0) is 11.3. The summed E-state index contributed by atoms with van der Waals surface area (Å²) in [5.41, 5.74) is 9.90. The Labute approximate surface area is 98.3 Å². The van der Waals surface area contributed by atoms with E-state index in [2.05, 4.69) is 0 Å². The first kappa shape index (κ1) is 9.70.